The molecule has 2 heterocycles. The lowest BCUT2D eigenvalue weighted by atomic mass is 10.1. The first-order chi connectivity index (χ1) is 9.36. The van der Waals surface area contributed by atoms with Crippen LogP contribution in [-0.4, -0.2) is 23.5 Å². The average Bonchev–Trinajstić information content (AvgIpc) is 3.09. The number of hydrogen-bond acceptors (Lipinski definition) is 2. The molecule has 100 valence electrons. The molecule has 2 aromatic rings. The Morgan fingerprint density at radius 3 is 3.05 bits per heavy atom. The lowest BCUT2D eigenvalue weighted by molar-refractivity contribution is 0.244. The van der Waals surface area contributed by atoms with Crippen molar-refractivity contribution in [1.29, 1.82) is 0 Å². The Bertz CT molecular complexity index is 521. The number of nitrogens with zero attached hydrogens (tertiary/aromatic N) is 1. The molecule has 1 aromatic carbocycles. The molecule has 1 saturated heterocycles. The second-order valence-electron chi connectivity index (χ2n) is 5.11. The number of rotatable bonds is 4. The van der Waals surface area contributed by atoms with Crippen LogP contribution in [-0.2, 0) is 6.54 Å². The SMILES string of the molecule is COc1cccc(CN2CCC[C@@H]2c2ccc[nH]2)c1. The van der Waals surface area contributed by atoms with E-state index in [2.05, 4.69) is 40.2 Å². The van der Waals surface area contributed by atoms with Crippen LogP contribution in [0.25, 0.3) is 0 Å². The first-order valence-electron chi connectivity index (χ1n) is 6.87. The topological polar surface area (TPSA) is 28.3 Å². The number of ether oxygens (including phenoxy) is 1. The highest BCUT2D eigenvalue weighted by Gasteiger charge is 2.26. The normalized spacial score (nSPS) is 19.7. The Kier molecular flexibility index (Phi) is 3.56. The summed E-state index contributed by atoms with van der Waals surface area (Å²) in [6.07, 6.45) is 4.52. The highest BCUT2D eigenvalue weighted by atomic mass is 16.5. The van der Waals surface area contributed by atoms with Gasteiger partial charge in [0, 0.05) is 18.4 Å². The molecule has 3 rings (SSSR count). The van der Waals surface area contributed by atoms with E-state index in [-0.39, 0.29) is 0 Å². The third-order valence-corrected chi connectivity index (χ3v) is 3.86. The smallest absolute Gasteiger partial charge is 0.119 e. The summed E-state index contributed by atoms with van der Waals surface area (Å²) in [6.45, 7) is 2.15. The maximum Gasteiger partial charge on any atom is 0.119 e. The highest BCUT2D eigenvalue weighted by Crippen LogP contribution is 2.32. The van der Waals surface area contributed by atoms with Crippen LogP contribution >= 0.6 is 0 Å². The quantitative estimate of drug-likeness (QED) is 0.908. The Morgan fingerprint density at radius 2 is 2.26 bits per heavy atom. The molecule has 1 aliphatic heterocycles. The van der Waals surface area contributed by atoms with Gasteiger partial charge in [0.05, 0.1) is 13.2 Å². The van der Waals surface area contributed by atoms with E-state index >= 15 is 0 Å². The van der Waals surface area contributed by atoms with Gasteiger partial charge in [-0.05, 0) is 49.2 Å². The van der Waals surface area contributed by atoms with Gasteiger partial charge in [0.1, 0.15) is 5.75 Å². The van der Waals surface area contributed by atoms with Crippen LogP contribution < -0.4 is 4.74 Å². The molecule has 1 fully saturated rings. The third kappa shape index (κ3) is 2.66. The van der Waals surface area contributed by atoms with E-state index < -0.39 is 0 Å². The fourth-order valence-electron chi connectivity index (χ4n) is 2.92. The van der Waals surface area contributed by atoms with E-state index in [9.17, 15) is 0 Å². The lowest BCUT2D eigenvalue weighted by Crippen LogP contribution is -2.22. The van der Waals surface area contributed by atoms with Gasteiger partial charge in [-0.25, -0.2) is 0 Å². The minimum atomic E-state index is 0.529. The molecule has 1 aliphatic rings. The molecule has 0 radical (unpaired) electrons. The summed E-state index contributed by atoms with van der Waals surface area (Å²) in [5, 5.41) is 0. The minimum Gasteiger partial charge on any atom is -0.497 e. The second-order valence-corrected chi connectivity index (χ2v) is 5.11. The van der Waals surface area contributed by atoms with E-state index in [0.717, 1.165) is 12.3 Å². The molecule has 1 aromatic heterocycles. The van der Waals surface area contributed by atoms with Crippen LogP contribution in [0, 0.1) is 0 Å². The molecule has 0 saturated carbocycles. The second kappa shape index (κ2) is 5.49. The molecule has 0 bridgehead atoms. The van der Waals surface area contributed by atoms with Crippen molar-refractivity contribution in [3.8, 4) is 5.75 Å². The molecule has 0 aliphatic carbocycles. The number of benzene rings is 1. The summed E-state index contributed by atoms with van der Waals surface area (Å²) in [7, 11) is 1.72. The van der Waals surface area contributed by atoms with Crippen LogP contribution in [0.4, 0.5) is 0 Å². The van der Waals surface area contributed by atoms with Crippen LogP contribution in [0.15, 0.2) is 42.6 Å². The molecular weight excluding hydrogens is 236 g/mol. The molecule has 0 spiro atoms. The Balaban J connectivity index is 1.74. The van der Waals surface area contributed by atoms with Crippen molar-refractivity contribution < 1.29 is 4.74 Å². The average molecular weight is 256 g/mol. The predicted molar refractivity (Wildman–Crippen MR) is 76.2 cm³/mol. The Morgan fingerprint density at radius 1 is 1.32 bits per heavy atom. The van der Waals surface area contributed by atoms with Gasteiger partial charge in [-0.2, -0.15) is 0 Å². The number of methoxy groups -OCH3 is 1. The van der Waals surface area contributed by atoms with Crippen molar-refractivity contribution in [2.24, 2.45) is 0 Å². The van der Waals surface area contributed by atoms with Crippen molar-refractivity contribution >= 4 is 0 Å². The molecule has 1 atom stereocenters. The predicted octanol–water partition coefficient (Wildman–Crippen LogP) is 3.36. The fraction of sp³-hybridized carbons (Fsp3) is 0.375. The number of aromatic nitrogens is 1. The summed E-state index contributed by atoms with van der Waals surface area (Å²) >= 11 is 0. The summed E-state index contributed by atoms with van der Waals surface area (Å²) in [5.74, 6) is 0.938. The molecule has 3 nitrogen and oxygen atoms in total. The zero-order chi connectivity index (χ0) is 13.1. The highest BCUT2D eigenvalue weighted by molar-refractivity contribution is 5.28. The number of H-pyrrole nitrogens is 1. The van der Waals surface area contributed by atoms with Crippen LogP contribution in [0.1, 0.15) is 30.1 Å². The van der Waals surface area contributed by atoms with Crippen molar-refractivity contribution in [2.45, 2.75) is 25.4 Å². The first-order valence-corrected chi connectivity index (χ1v) is 6.87. The van der Waals surface area contributed by atoms with Gasteiger partial charge in [0.15, 0.2) is 0 Å². The molecular formula is C16H20N2O. The number of hydrogen-bond donors (Lipinski definition) is 1. The monoisotopic (exact) mass is 256 g/mol. The Labute approximate surface area is 114 Å². The number of likely N-dealkylation sites (tertiary alicyclic amines) is 1. The Hall–Kier alpha value is -1.74. The van der Waals surface area contributed by atoms with Crippen molar-refractivity contribution in [3.05, 3.63) is 53.9 Å². The summed E-state index contributed by atoms with van der Waals surface area (Å²) < 4.78 is 5.29. The van der Waals surface area contributed by atoms with Gasteiger partial charge in [-0.3, -0.25) is 4.90 Å². The first kappa shape index (κ1) is 12.3. The van der Waals surface area contributed by atoms with Crippen LogP contribution in [0.3, 0.4) is 0 Å². The van der Waals surface area contributed by atoms with Crippen molar-refractivity contribution in [3.63, 3.8) is 0 Å². The zero-order valence-corrected chi connectivity index (χ0v) is 11.3. The fourth-order valence-corrected chi connectivity index (χ4v) is 2.92. The van der Waals surface area contributed by atoms with Crippen molar-refractivity contribution in [1.82, 2.24) is 9.88 Å². The summed E-state index contributed by atoms with van der Waals surface area (Å²) in [5.41, 5.74) is 2.65. The van der Waals surface area contributed by atoms with Gasteiger partial charge < -0.3 is 9.72 Å². The minimum absolute atomic E-state index is 0.529. The third-order valence-electron chi connectivity index (χ3n) is 3.86. The van der Waals surface area contributed by atoms with E-state index in [1.807, 2.05) is 12.3 Å². The molecule has 0 unspecified atom stereocenters. The molecule has 3 heteroatoms. The molecule has 19 heavy (non-hydrogen) atoms. The standard InChI is InChI=1S/C16H20N2O/c1-19-14-6-2-5-13(11-14)12-18-10-4-8-16(18)15-7-3-9-17-15/h2-3,5-7,9,11,16-17H,4,8,10,12H2,1H3/t16-/m1/s1. The van der Waals surface area contributed by atoms with E-state index in [1.165, 1.54) is 30.6 Å². The van der Waals surface area contributed by atoms with Crippen LogP contribution in [0.2, 0.25) is 0 Å². The van der Waals surface area contributed by atoms with Gasteiger partial charge in [-0.1, -0.05) is 12.1 Å². The number of aromatic amines is 1. The van der Waals surface area contributed by atoms with Gasteiger partial charge in [-0.15, -0.1) is 0 Å². The summed E-state index contributed by atoms with van der Waals surface area (Å²) in [4.78, 5) is 5.89. The maximum absolute atomic E-state index is 5.29. The lowest BCUT2D eigenvalue weighted by Gasteiger charge is -2.24. The molecule has 1 N–H and O–H groups in total. The van der Waals surface area contributed by atoms with E-state index in [1.54, 1.807) is 7.11 Å². The van der Waals surface area contributed by atoms with E-state index in [4.69, 9.17) is 4.74 Å². The van der Waals surface area contributed by atoms with E-state index in [0.29, 0.717) is 6.04 Å². The van der Waals surface area contributed by atoms with Gasteiger partial charge in [0.2, 0.25) is 0 Å². The van der Waals surface area contributed by atoms with Gasteiger partial charge >= 0.3 is 0 Å². The summed E-state index contributed by atoms with van der Waals surface area (Å²) in [6, 6.07) is 13.2. The van der Waals surface area contributed by atoms with Crippen LogP contribution in [0.5, 0.6) is 5.75 Å². The zero-order valence-electron chi connectivity index (χ0n) is 11.3. The largest absolute Gasteiger partial charge is 0.497 e. The molecule has 0 amide bonds. The van der Waals surface area contributed by atoms with Crippen molar-refractivity contribution in [2.75, 3.05) is 13.7 Å². The van der Waals surface area contributed by atoms with Gasteiger partial charge in [0.25, 0.3) is 0 Å². The maximum atomic E-state index is 5.29. The number of nitrogens with one attached hydrogen (secondary N) is 1.